The van der Waals surface area contributed by atoms with E-state index in [0.29, 0.717) is 0 Å². The number of aliphatic hydroxyl groups is 2. The summed E-state index contributed by atoms with van der Waals surface area (Å²) >= 11 is 5.81. The number of halogens is 1. The van der Waals surface area contributed by atoms with E-state index in [2.05, 4.69) is 4.98 Å². The van der Waals surface area contributed by atoms with E-state index in [1.54, 1.807) is 0 Å². The van der Waals surface area contributed by atoms with Crippen LogP contribution in [0.5, 0.6) is 0 Å². The molecule has 100 valence electrons. The summed E-state index contributed by atoms with van der Waals surface area (Å²) in [6, 6.07) is 1.12. The fraction of sp³-hybridized carbons (Fsp3) is 0.500. The number of nitrogens with zero attached hydrogens (tertiary/aromatic N) is 2. The lowest BCUT2D eigenvalue weighted by atomic mass is 10.0. The van der Waals surface area contributed by atoms with Crippen molar-refractivity contribution in [3.8, 4) is 0 Å². The van der Waals surface area contributed by atoms with Gasteiger partial charge in [0, 0.05) is 11.6 Å². The van der Waals surface area contributed by atoms with E-state index in [9.17, 15) is 20.3 Å². The van der Waals surface area contributed by atoms with Crippen LogP contribution in [0.1, 0.15) is 23.8 Å². The number of hydrogen-bond acceptors (Lipinski definition) is 6. The molecule has 0 fully saturated rings. The summed E-state index contributed by atoms with van der Waals surface area (Å²) in [6.07, 6.45) is -2.34. The van der Waals surface area contributed by atoms with E-state index < -0.39 is 17.1 Å². The Morgan fingerprint density at radius 2 is 2.22 bits per heavy atom. The summed E-state index contributed by atoms with van der Waals surface area (Å²) in [5, 5.41) is 30.1. The number of rotatable bonds is 5. The lowest BCUT2D eigenvalue weighted by molar-refractivity contribution is -0.385. The van der Waals surface area contributed by atoms with Crippen molar-refractivity contribution in [2.24, 2.45) is 5.73 Å². The average Bonchev–Trinajstić information content (AvgIpc) is 2.28. The Labute approximate surface area is 108 Å². The predicted octanol–water partition coefficient (Wildman–Crippen LogP) is 0.695. The van der Waals surface area contributed by atoms with Crippen LogP contribution in [-0.4, -0.2) is 32.8 Å². The molecule has 1 heterocycles. The maximum atomic E-state index is 10.8. The quantitative estimate of drug-likeness (QED) is 0.413. The smallest absolute Gasteiger partial charge is 0.290 e. The third kappa shape index (κ3) is 3.14. The Morgan fingerprint density at radius 3 is 2.72 bits per heavy atom. The molecule has 1 aromatic rings. The molecule has 0 aliphatic heterocycles. The molecule has 2 atom stereocenters. The molecular formula is C10H14ClN3O4. The number of aliphatic hydroxyl groups excluding tert-OH is 2. The van der Waals surface area contributed by atoms with Gasteiger partial charge in [-0.2, -0.15) is 0 Å². The van der Waals surface area contributed by atoms with Crippen LogP contribution in [0, 0.1) is 17.0 Å². The number of pyridine rings is 1. The lowest BCUT2D eigenvalue weighted by Crippen LogP contribution is -2.22. The summed E-state index contributed by atoms with van der Waals surface area (Å²) in [5.74, 6) is 0. The lowest BCUT2D eigenvalue weighted by Gasteiger charge is -2.18. The molecule has 0 aliphatic rings. The number of aryl methyl sites for hydroxylation is 1. The summed E-state index contributed by atoms with van der Waals surface area (Å²) in [6.45, 7) is 1.62. The minimum atomic E-state index is -1.35. The molecule has 8 heteroatoms. The third-order valence-corrected chi connectivity index (χ3v) is 2.81. The van der Waals surface area contributed by atoms with E-state index in [1.807, 2.05) is 0 Å². The molecule has 0 aromatic carbocycles. The van der Waals surface area contributed by atoms with Gasteiger partial charge in [-0.1, -0.05) is 11.6 Å². The maximum Gasteiger partial charge on any atom is 0.290 e. The fourth-order valence-electron chi connectivity index (χ4n) is 1.51. The Kier molecular flexibility index (Phi) is 4.97. The second-order valence-electron chi connectivity index (χ2n) is 3.82. The molecule has 0 saturated heterocycles. The monoisotopic (exact) mass is 275 g/mol. The highest BCUT2D eigenvalue weighted by Crippen LogP contribution is 2.30. The van der Waals surface area contributed by atoms with E-state index in [-0.39, 0.29) is 35.1 Å². The summed E-state index contributed by atoms with van der Waals surface area (Å²) < 4.78 is 0. The molecule has 18 heavy (non-hydrogen) atoms. The molecule has 0 saturated carbocycles. The standard InChI is InChI=1S/C10H14ClN3O4/c1-5-7(14(17)18)4-6(10(11)13-5)9(16)8(15)2-3-12/h4,8-9,15-16H,2-3,12H2,1H3. The minimum Gasteiger partial charge on any atom is -0.390 e. The van der Waals surface area contributed by atoms with E-state index in [0.717, 1.165) is 6.07 Å². The topological polar surface area (TPSA) is 123 Å². The molecule has 1 rings (SSSR count). The molecule has 2 unspecified atom stereocenters. The summed E-state index contributed by atoms with van der Waals surface area (Å²) in [5.41, 5.74) is 5.17. The Hall–Kier alpha value is -1.28. The Morgan fingerprint density at radius 1 is 1.61 bits per heavy atom. The largest absolute Gasteiger partial charge is 0.390 e. The van der Waals surface area contributed by atoms with Gasteiger partial charge < -0.3 is 15.9 Å². The van der Waals surface area contributed by atoms with Gasteiger partial charge in [0.15, 0.2) is 0 Å². The first-order valence-electron chi connectivity index (χ1n) is 5.26. The second-order valence-corrected chi connectivity index (χ2v) is 4.18. The molecule has 0 bridgehead atoms. The molecule has 7 nitrogen and oxygen atoms in total. The SMILES string of the molecule is Cc1nc(Cl)c(C(O)C(O)CCN)cc1[N+](=O)[O-]. The van der Waals surface area contributed by atoms with Crippen LogP contribution in [0.3, 0.4) is 0 Å². The van der Waals surface area contributed by atoms with Gasteiger partial charge in [-0.25, -0.2) is 4.98 Å². The van der Waals surface area contributed by atoms with Gasteiger partial charge in [0.05, 0.1) is 11.0 Å². The molecule has 4 N–H and O–H groups in total. The number of aromatic nitrogens is 1. The summed E-state index contributed by atoms with van der Waals surface area (Å²) in [7, 11) is 0. The van der Waals surface area contributed by atoms with Crippen LogP contribution in [0.25, 0.3) is 0 Å². The minimum absolute atomic E-state index is 0.0231. The van der Waals surface area contributed by atoms with Crippen molar-refractivity contribution in [1.82, 2.24) is 4.98 Å². The average molecular weight is 276 g/mol. The van der Waals surface area contributed by atoms with Gasteiger partial charge in [0.2, 0.25) is 0 Å². The Balaban J connectivity index is 3.15. The van der Waals surface area contributed by atoms with Crippen molar-refractivity contribution < 1.29 is 15.1 Å². The van der Waals surface area contributed by atoms with E-state index in [1.165, 1.54) is 6.92 Å². The third-order valence-electron chi connectivity index (χ3n) is 2.51. The van der Waals surface area contributed by atoms with Gasteiger partial charge >= 0.3 is 0 Å². The van der Waals surface area contributed by atoms with E-state index in [4.69, 9.17) is 17.3 Å². The van der Waals surface area contributed by atoms with Crippen molar-refractivity contribution in [3.63, 3.8) is 0 Å². The van der Waals surface area contributed by atoms with Crippen molar-refractivity contribution in [2.45, 2.75) is 25.6 Å². The zero-order valence-corrected chi connectivity index (χ0v) is 10.5. The predicted molar refractivity (Wildman–Crippen MR) is 65.3 cm³/mol. The van der Waals surface area contributed by atoms with Crippen LogP contribution in [0.15, 0.2) is 6.07 Å². The molecule has 0 spiro atoms. The highest BCUT2D eigenvalue weighted by atomic mass is 35.5. The molecule has 0 radical (unpaired) electrons. The van der Waals surface area contributed by atoms with Gasteiger partial charge in [0.25, 0.3) is 5.69 Å². The number of nitrogens with two attached hydrogens (primary N) is 1. The maximum absolute atomic E-state index is 10.8. The first kappa shape index (κ1) is 14.8. The van der Waals surface area contributed by atoms with Crippen LogP contribution in [0.4, 0.5) is 5.69 Å². The normalized spacial score (nSPS) is 14.3. The number of hydrogen-bond donors (Lipinski definition) is 3. The zero-order chi connectivity index (χ0) is 13.9. The fourth-order valence-corrected chi connectivity index (χ4v) is 1.80. The van der Waals surface area contributed by atoms with Crippen LogP contribution in [0.2, 0.25) is 5.15 Å². The van der Waals surface area contributed by atoms with Crippen molar-refractivity contribution in [1.29, 1.82) is 0 Å². The summed E-state index contributed by atoms with van der Waals surface area (Å²) in [4.78, 5) is 13.9. The van der Waals surface area contributed by atoms with Gasteiger partial charge in [-0.15, -0.1) is 0 Å². The van der Waals surface area contributed by atoms with Crippen molar-refractivity contribution in [3.05, 3.63) is 32.6 Å². The van der Waals surface area contributed by atoms with Gasteiger partial charge in [-0.05, 0) is 19.9 Å². The molecular weight excluding hydrogens is 262 g/mol. The molecule has 0 aliphatic carbocycles. The first-order chi connectivity index (χ1) is 8.38. The van der Waals surface area contributed by atoms with Gasteiger partial charge in [0.1, 0.15) is 17.0 Å². The van der Waals surface area contributed by atoms with Crippen molar-refractivity contribution >= 4 is 17.3 Å². The highest BCUT2D eigenvalue weighted by molar-refractivity contribution is 6.30. The van der Waals surface area contributed by atoms with Gasteiger partial charge in [-0.3, -0.25) is 10.1 Å². The zero-order valence-electron chi connectivity index (χ0n) is 9.71. The molecule has 1 aromatic heterocycles. The first-order valence-corrected chi connectivity index (χ1v) is 5.64. The molecule has 0 amide bonds. The van der Waals surface area contributed by atoms with Crippen LogP contribution < -0.4 is 5.73 Å². The number of nitro groups is 1. The van der Waals surface area contributed by atoms with Crippen LogP contribution >= 0.6 is 11.6 Å². The van der Waals surface area contributed by atoms with Crippen molar-refractivity contribution in [2.75, 3.05) is 6.54 Å². The van der Waals surface area contributed by atoms with E-state index >= 15 is 0 Å². The Bertz CT molecular complexity index is 455. The highest BCUT2D eigenvalue weighted by Gasteiger charge is 2.25. The second kappa shape index (κ2) is 6.05. The van der Waals surface area contributed by atoms with Crippen LogP contribution in [-0.2, 0) is 0 Å².